The molecule has 0 bridgehead atoms. The van der Waals surface area contributed by atoms with Crippen LogP contribution in [0.4, 0.5) is 8.78 Å². The number of guanidine groups is 1. The second kappa shape index (κ2) is 10.1. The molecule has 0 spiro atoms. The summed E-state index contributed by atoms with van der Waals surface area (Å²) >= 11 is 1.62. The van der Waals surface area contributed by atoms with E-state index >= 15 is 0 Å². The number of aliphatic imine (C=N–C) groups is 1. The van der Waals surface area contributed by atoms with Crippen LogP contribution >= 0.6 is 11.3 Å². The van der Waals surface area contributed by atoms with Gasteiger partial charge in [0.25, 0.3) is 6.43 Å². The van der Waals surface area contributed by atoms with Crippen LogP contribution in [0.3, 0.4) is 0 Å². The number of nitrogens with zero attached hydrogens (tertiary/aromatic N) is 3. The molecule has 0 unspecified atom stereocenters. The average molecular weight is 382 g/mol. The quantitative estimate of drug-likeness (QED) is 0.559. The van der Waals surface area contributed by atoms with Gasteiger partial charge in [-0.15, -0.1) is 11.3 Å². The van der Waals surface area contributed by atoms with E-state index in [1.165, 1.54) is 0 Å². The molecule has 0 saturated heterocycles. The Hall–Kier alpha value is -2.22. The minimum atomic E-state index is -2.49. The standard InChI is InChI=1S/C18H24F2N4OS/c1-4-21-18(24(3)10-15-12-26-13(2)23-15)22-9-14-6-5-7-16(8-14)25-11-17(19)20/h5-8,12,17H,4,9-11H2,1-3H3,(H,21,22). The first-order valence-corrected chi connectivity index (χ1v) is 9.26. The van der Waals surface area contributed by atoms with Gasteiger partial charge in [0.2, 0.25) is 0 Å². The fraction of sp³-hybridized carbons (Fsp3) is 0.444. The summed E-state index contributed by atoms with van der Waals surface area (Å²) in [6.07, 6.45) is -2.49. The molecular weight excluding hydrogens is 358 g/mol. The van der Waals surface area contributed by atoms with Crippen LogP contribution in [0.2, 0.25) is 0 Å². The van der Waals surface area contributed by atoms with Gasteiger partial charge in [-0.1, -0.05) is 12.1 Å². The van der Waals surface area contributed by atoms with Gasteiger partial charge in [-0.2, -0.15) is 0 Å². The minimum Gasteiger partial charge on any atom is -0.488 e. The monoisotopic (exact) mass is 382 g/mol. The highest BCUT2D eigenvalue weighted by Gasteiger charge is 2.09. The zero-order chi connectivity index (χ0) is 18.9. The molecule has 1 aromatic carbocycles. The molecule has 0 aliphatic carbocycles. The maximum absolute atomic E-state index is 12.3. The van der Waals surface area contributed by atoms with Crippen LogP contribution in [0, 0.1) is 6.92 Å². The van der Waals surface area contributed by atoms with Crippen molar-refractivity contribution in [1.29, 1.82) is 0 Å². The summed E-state index contributed by atoms with van der Waals surface area (Å²) in [5, 5.41) is 6.33. The van der Waals surface area contributed by atoms with Crippen molar-refractivity contribution in [3.05, 3.63) is 45.9 Å². The van der Waals surface area contributed by atoms with E-state index < -0.39 is 13.0 Å². The molecule has 2 rings (SSSR count). The molecule has 0 fully saturated rings. The summed E-state index contributed by atoms with van der Waals surface area (Å²) in [6.45, 7) is 5.22. The molecule has 0 saturated carbocycles. The maximum Gasteiger partial charge on any atom is 0.272 e. The number of hydrogen-bond donors (Lipinski definition) is 1. The van der Waals surface area contributed by atoms with Crippen LogP contribution in [0.25, 0.3) is 0 Å². The Morgan fingerprint density at radius 2 is 2.23 bits per heavy atom. The molecule has 8 heteroatoms. The minimum absolute atomic E-state index is 0.425. The lowest BCUT2D eigenvalue weighted by Gasteiger charge is -2.21. The number of alkyl halides is 2. The van der Waals surface area contributed by atoms with Crippen molar-refractivity contribution in [2.45, 2.75) is 33.4 Å². The molecular formula is C18H24F2N4OS. The number of rotatable bonds is 8. The normalized spacial score (nSPS) is 11.7. The van der Waals surface area contributed by atoms with E-state index in [4.69, 9.17) is 4.74 Å². The number of aromatic nitrogens is 1. The van der Waals surface area contributed by atoms with Gasteiger partial charge in [0.1, 0.15) is 12.4 Å². The Bertz CT molecular complexity index is 721. The van der Waals surface area contributed by atoms with Crippen molar-refractivity contribution in [2.24, 2.45) is 4.99 Å². The van der Waals surface area contributed by atoms with Gasteiger partial charge < -0.3 is 15.0 Å². The van der Waals surface area contributed by atoms with Gasteiger partial charge in [-0.25, -0.2) is 18.8 Å². The van der Waals surface area contributed by atoms with Gasteiger partial charge in [0.15, 0.2) is 5.96 Å². The van der Waals surface area contributed by atoms with Crippen LogP contribution < -0.4 is 10.1 Å². The molecule has 0 atom stereocenters. The lowest BCUT2D eigenvalue weighted by atomic mass is 10.2. The van der Waals surface area contributed by atoms with E-state index in [0.29, 0.717) is 18.8 Å². The summed E-state index contributed by atoms with van der Waals surface area (Å²) in [5.41, 5.74) is 1.90. The van der Waals surface area contributed by atoms with Crippen LogP contribution in [-0.4, -0.2) is 42.5 Å². The van der Waals surface area contributed by atoms with Crippen LogP contribution in [-0.2, 0) is 13.1 Å². The fourth-order valence-electron chi connectivity index (χ4n) is 2.33. The summed E-state index contributed by atoms with van der Waals surface area (Å²) in [4.78, 5) is 11.1. The van der Waals surface area contributed by atoms with E-state index in [1.807, 2.05) is 37.2 Å². The summed E-state index contributed by atoms with van der Waals surface area (Å²) in [7, 11) is 1.96. The van der Waals surface area contributed by atoms with Crippen molar-refractivity contribution in [1.82, 2.24) is 15.2 Å². The van der Waals surface area contributed by atoms with Crippen molar-refractivity contribution in [2.75, 3.05) is 20.2 Å². The fourth-order valence-corrected chi connectivity index (χ4v) is 2.93. The first kappa shape index (κ1) is 20.1. The molecule has 0 aliphatic heterocycles. The van der Waals surface area contributed by atoms with Crippen molar-refractivity contribution < 1.29 is 13.5 Å². The molecule has 1 aromatic heterocycles. The lowest BCUT2D eigenvalue weighted by Crippen LogP contribution is -2.38. The largest absolute Gasteiger partial charge is 0.488 e. The third-order valence-corrected chi connectivity index (χ3v) is 4.27. The molecule has 1 heterocycles. The molecule has 26 heavy (non-hydrogen) atoms. The highest BCUT2D eigenvalue weighted by Crippen LogP contribution is 2.15. The number of benzene rings is 1. The van der Waals surface area contributed by atoms with Crippen LogP contribution in [0.5, 0.6) is 5.75 Å². The Morgan fingerprint density at radius 3 is 2.88 bits per heavy atom. The average Bonchev–Trinajstić information content (AvgIpc) is 3.01. The first-order valence-electron chi connectivity index (χ1n) is 8.38. The van der Waals surface area contributed by atoms with Crippen molar-refractivity contribution in [3.63, 3.8) is 0 Å². The smallest absolute Gasteiger partial charge is 0.272 e. The Morgan fingerprint density at radius 1 is 1.42 bits per heavy atom. The predicted octanol–water partition coefficient (Wildman–Crippen LogP) is 3.69. The molecule has 0 aliphatic rings. The summed E-state index contributed by atoms with van der Waals surface area (Å²) < 4.78 is 29.6. The van der Waals surface area contributed by atoms with E-state index in [0.717, 1.165) is 28.8 Å². The van der Waals surface area contributed by atoms with E-state index in [2.05, 4.69) is 15.3 Å². The summed E-state index contributed by atoms with van der Waals surface area (Å²) in [6, 6.07) is 7.07. The van der Waals surface area contributed by atoms with E-state index in [-0.39, 0.29) is 0 Å². The maximum atomic E-state index is 12.3. The van der Waals surface area contributed by atoms with Gasteiger partial charge in [-0.05, 0) is 31.5 Å². The topological polar surface area (TPSA) is 49.8 Å². The third kappa shape index (κ3) is 6.59. The van der Waals surface area contributed by atoms with E-state index in [9.17, 15) is 8.78 Å². The third-order valence-electron chi connectivity index (χ3n) is 3.45. The Kier molecular flexibility index (Phi) is 7.77. The molecule has 2 aromatic rings. The number of ether oxygens (including phenoxy) is 1. The Labute approximate surface area is 156 Å². The number of thiazole rings is 1. The SMILES string of the molecule is CCNC(=NCc1cccc(OCC(F)F)c1)N(C)Cc1csc(C)n1. The highest BCUT2D eigenvalue weighted by molar-refractivity contribution is 7.09. The highest BCUT2D eigenvalue weighted by atomic mass is 32.1. The molecule has 0 radical (unpaired) electrons. The zero-order valence-corrected chi connectivity index (χ0v) is 16.0. The number of aryl methyl sites for hydroxylation is 1. The summed E-state index contributed by atoms with van der Waals surface area (Å²) in [5.74, 6) is 1.19. The molecule has 142 valence electrons. The zero-order valence-electron chi connectivity index (χ0n) is 15.2. The first-order chi connectivity index (χ1) is 12.5. The lowest BCUT2D eigenvalue weighted by molar-refractivity contribution is 0.0818. The van der Waals surface area contributed by atoms with Crippen molar-refractivity contribution >= 4 is 17.3 Å². The van der Waals surface area contributed by atoms with Gasteiger partial charge in [0.05, 0.1) is 23.8 Å². The second-order valence-corrected chi connectivity index (χ2v) is 6.80. The van der Waals surface area contributed by atoms with E-state index in [1.54, 1.807) is 29.5 Å². The molecule has 1 N–H and O–H groups in total. The number of halogens is 2. The van der Waals surface area contributed by atoms with Crippen LogP contribution in [0.1, 0.15) is 23.2 Å². The van der Waals surface area contributed by atoms with Gasteiger partial charge >= 0.3 is 0 Å². The number of nitrogens with one attached hydrogen (secondary N) is 1. The second-order valence-electron chi connectivity index (χ2n) is 5.73. The molecule has 5 nitrogen and oxygen atoms in total. The molecule has 0 amide bonds. The number of hydrogen-bond acceptors (Lipinski definition) is 4. The van der Waals surface area contributed by atoms with Crippen LogP contribution in [0.15, 0.2) is 34.6 Å². The van der Waals surface area contributed by atoms with Crippen molar-refractivity contribution in [3.8, 4) is 5.75 Å². The predicted molar refractivity (Wildman–Crippen MR) is 101 cm³/mol. The Balaban J connectivity index is 2.02. The van der Waals surface area contributed by atoms with Gasteiger partial charge in [-0.3, -0.25) is 0 Å². The van der Waals surface area contributed by atoms with Gasteiger partial charge in [0, 0.05) is 19.0 Å².